The number of rotatable bonds is 4. The smallest absolute Gasteiger partial charge is 0.231 e. The molecule has 1 amide bonds. The highest BCUT2D eigenvalue weighted by Gasteiger charge is 2.32. The summed E-state index contributed by atoms with van der Waals surface area (Å²) in [6.07, 6.45) is 5.01. The Morgan fingerprint density at radius 1 is 1.15 bits per heavy atom. The molecule has 27 heavy (non-hydrogen) atoms. The predicted molar refractivity (Wildman–Crippen MR) is 97.6 cm³/mol. The first-order valence-corrected chi connectivity index (χ1v) is 9.27. The van der Waals surface area contributed by atoms with Crippen molar-refractivity contribution in [2.45, 2.75) is 31.7 Å². The number of aryl methyl sites for hydroxylation is 1. The van der Waals surface area contributed by atoms with Crippen LogP contribution >= 0.6 is 0 Å². The summed E-state index contributed by atoms with van der Waals surface area (Å²) in [6, 6.07) is 11.7. The van der Waals surface area contributed by atoms with Crippen molar-refractivity contribution >= 4 is 11.6 Å². The highest BCUT2D eigenvalue weighted by atomic mass is 16.7. The molecule has 0 radical (unpaired) electrons. The molecule has 1 fully saturated rings. The van der Waals surface area contributed by atoms with Gasteiger partial charge in [-0.2, -0.15) is 0 Å². The Morgan fingerprint density at radius 2 is 2.07 bits per heavy atom. The summed E-state index contributed by atoms with van der Waals surface area (Å²) >= 11 is 0. The molecule has 0 aliphatic carbocycles. The van der Waals surface area contributed by atoms with Crippen molar-refractivity contribution < 1.29 is 14.3 Å². The molecule has 138 valence electrons. The zero-order valence-corrected chi connectivity index (χ0v) is 14.9. The van der Waals surface area contributed by atoms with Gasteiger partial charge in [0, 0.05) is 19.2 Å². The summed E-state index contributed by atoms with van der Waals surface area (Å²) in [4.78, 5) is 14.9. The zero-order valence-electron chi connectivity index (χ0n) is 14.9. The van der Waals surface area contributed by atoms with Crippen molar-refractivity contribution in [1.82, 2.24) is 19.5 Å². The summed E-state index contributed by atoms with van der Waals surface area (Å²) in [5, 5.41) is 8.59. The molecule has 0 saturated carbocycles. The number of nitrogens with zero attached hydrogens (tertiary/aromatic N) is 4. The Balaban J connectivity index is 1.30. The number of amides is 1. The molecule has 5 rings (SSSR count). The van der Waals surface area contributed by atoms with Crippen LogP contribution in [0.5, 0.6) is 11.5 Å². The monoisotopic (exact) mass is 364 g/mol. The number of carbonyl (C=O) groups is 1. The van der Waals surface area contributed by atoms with E-state index in [0.29, 0.717) is 12.8 Å². The molecule has 0 spiro atoms. The van der Waals surface area contributed by atoms with E-state index < -0.39 is 0 Å². The predicted octanol–water partition coefficient (Wildman–Crippen LogP) is 2.75. The second-order valence-electron chi connectivity index (χ2n) is 6.92. The van der Waals surface area contributed by atoms with Crippen LogP contribution in [0.25, 0.3) is 5.65 Å². The molecule has 7 heteroatoms. The third-order valence-corrected chi connectivity index (χ3v) is 5.28. The first kappa shape index (κ1) is 16.1. The Labute approximate surface area is 156 Å². The van der Waals surface area contributed by atoms with E-state index in [-0.39, 0.29) is 18.7 Å². The minimum absolute atomic E-state index is 0.00773. The molecule has 0 N–H and O–H groups in total. The van der Waals surface area contributed by atoms with Gasteiger partial charge >= 0.3 is 0 Å². The van der Waals surface area contributed by atoms with Gasteiger partial charge in [0.15, 0.2) is 23.0 Å². The fraction of sp³-hybridized carbons (Fsp3) is 0.350. The number of aromatic nitrogens is 3. The first-order valence-electron chi connectivity index (χ1n) is 9.27. The number of likely N-dealkylation sites (tertiary alicyclic amines) is 1. The lowest BCUT2D eigenvalue weighted by Gasteiger charge is -2.23. The maximum Gasteiger partial charge on any atom is 0.231 e. The van der Waals surface area contributed by atoms with E-state index in [4.69, 9.17) is 9.47 Å². The van der Waals surface area contributed by atoms with Gasteiger partial charge in [0.1, 0.15) is 0 Å². The summed E-state index contributed by atoms with van der Waals surface area (Å²) < 4.78 is 12.7. The number of hydrogen-bond donors (Lipinski definition) is 0. The van der Waals surface area contributed by atoms with Crippen LogP contribution in [-0.4, -0.2) is 38.7 Å². The molecule has 1 saturated heterocycles. The number of hydrogen-bond acceptors (Lipinski definition) is 5. The molecule has 4 heterocycles. The number of carbonyl (C=O) groups excluding carboxylic acids is 1. The fourth-order valence-corrected chi connectivity index (χ4v) is 3.91. The molecule has 1 atom stereocenters. The molecule has 0 bridgehead atoms. The van der Waals surface area contributed by atoms with Crippen molar-refractivity contribution in [3.63, 3.8) is 0 Å². The molecular weight excluding hydrogens is 344 g/mol. The highest BCUT2D eigenvalue weighted by Crippen LogP contribution is 2.34. The first-order chi connectivity index (χ1) is 13.3. The van der Waals surface area contributed by atoms with E-state index in [2.05, 4.69) is 10.2 Å². The Morgan fingerprint density at radius 3 is 3.04 bits per heavy atom. The number of benzene rings is 1. The third-order valence-electron chi connectivity index (χ3n) is 5.28. The Hall–Kier alpha value is -3.09. The Bertz CT molecular complexity index is 1000. The van der Waals surface area contributed by atoms with Gasteiger partial charge in [-0.05, 0) is 49.1 Å². The van der Waals surface area contributed by atoms with Gasteiger partial charge in [-0.1, -0.05) is 12.1 Å². The minimum Gasteiger partial charge on any atom is -0.454 e. The molecule has 2 aliphatic heterocycles. The normalized spacial score (nSPS) is 18.4. The minimum atomic E-state index is -0.00773. The van der Waals surface area contributed by atoms with Gasteiger partial charge in [-0.25, -0.2) is 0 Å². The van der Waals surface area contributed by atoms with Crippen LogP contribution in [0, 0.1) is 0 Å². The number of ether oxygens (including phenoxy) is 2. The lowest BCUT2D eigenvalue weighted by molar-refractivity contribution is -0.132. The third kappa shape index (κ3) is 2.89. The van der Waals surface area contributed by atoms with E-state index in [9.17, 15) is 4.79 Å². The second-order valence-corrected chi connectivity index (χ2v) is 6.92. The number of pyridine rings is 1. The maximum absolute atomic E-state index is 12.9. The summed E-state index contributed by atoms with van der Waals surface area (Å²) in [7, 11) is 0. The lowest BCUT2D eigenvalue weighted by Crippen LogP contribution is -2.31. The topological polar surface area (TPSA) is 69.0 Å². The van der Waals surface area contributed by atoms with E-state index in [1.807, 2.05) is 51.9 Å². The zero-order chi connectivity index (χ0) is 18.2. The molecular formula is C20H20N4O3. The van der Waals surface area contributed by atoms with Crippen LogP contribution < -0.4 is 9.47 Å². The standard InChI is InChI=1S/C20H20N4O3/c25-19(9-7-14-6-8-16-17(12-14)27-13-26-16)23-11-3-4-15(23)20-22-21-18-5-1-2-10-24(18)20/h1-2,5-6,8,10,12,15H,3-4,7,9,11,13H2/t15-/m0/s1. The molecule has 3 aromatic rings. The maximum atomic E-state index is 12.9. The van der Waals surface area contributed by atoms with Crippen LogP contribution in [0.1, 0.15) is 36.7 Å². The quantitative estimate of drug-likeness (QED) is 0.712. The average molecular weight is 364 g/mol. The van der Waals surface area contributed by atoms with Crippen molar-refractivity contribution in [3.8, 4) is 11.5 Å². The van der Waals surface area contributed by atoms with Crippen LogP contribution in [0.15, 0.2) is 42.6 Å². The molecule has 2 aliphatic rings. The van der Waals surface area contributed by atoms with E-state index in [1.54, 1.807) is 0 Å². The van der Waals surface area contributed by atoms with Gasteiger partial charge in [0.25, 0.3) is 0 Å². The van der Waals surface area contributed by atoms with Crippen molar-refractivity contribution in [2.75, 3.05) is 13.3 Å². The summed E-state index contributed by atoms with van der Waals surface area (Å²) in [6.45, 7) is 1.03. The highest BCUT2D eigenvalue weighted by molar-refractivity contribution is 5.77. The van der Waals surface area contributed by atoms with Gasteiger partial charge < -0.3 is 14.4 Å². The average Bonchev–Trinajstić information content (AvgIpc) is 3.43. The van der Waals surface area contributed by atoms with Crippen molar-refractivity contribution in [2.24, 2.45) is 0 Å². The van der Waals surface area contributed by atoms with E-state index >= 15 is 0 Å². The van der Waals surface area contributed by atoms with Gasteiger partial charge in [-0.15, -0.1) is 10.2 Å². The van der Waals surface area contributed by atoms with E-state index in [0.717, 1.165) is 47.9 Å². The molecule has 2 aromatic heterocycles. The van der Waals surface area contributed by atoms with Gasteiger partial charge in [0.05, 0.1) is 6.04 Å². The van der Waals surface area contributed by atoms with Crippen molar-refractivity contribution in [3.05, 3.63) is 54.0 Å². The second kappa shape index (κ2) is 6.57. The summed E-state index contributed by atoms with van der Waals surface area (Å²) in [5.41, 5.74) is 1.89. The fourth-order valence-electron chi connectivity index (χ4n) is 3.91. The molecule has 7 nitrogen and oxygen atoms in total. The molecule has 1 aromatic carbocycles. The summed E-state index contributed by atoms with van der Waals surface area (Å²) in [5.74, 6) is 2.53. The van der Waals surface area contributed by atoms with E-state index in [1.165, 1.54) is 0 Å². The van der Waals surface area contributed by atoms with Crippen LogP contribution in [0.4, 0.5) is 0 Å². The van der Waals surface area contributed by atoms with Crippen LogP contribution in [-0.2, 0) is 11.2 Å². The number of fused-ring (bicyclic) bond motifs is 2. The largest absolute Gasteiger partial charge is 0.454 e. The molecule has 0 unspecified atom stereocenters. The van der Waals surface area contributed by atoms with Gasteiger partial charge in [0.2, 0.25) is 12.7 Å². The van der Waals surface area contributed by atoms with Crippen molar-refractivity contribution in [1.29, 1.82) is 0 Å². The van der Waals surface area contributed by atoms with Crippen LogP contribution in [0.2, 0.25) is 0 Å². The Kier molecular flexibility index (Phi) is 3.92. The lowest BCUT2D eigenvalue weighted by atomic mass is 10.1. The SMILES string of the molecule is O=C(CCc1ccc2c(c1)OCO2)N1CCC[C@H]1c1nnc2ccccn12. The van der Waals surface area contributed by atoms with Crippen LogP contribution in [0.3, 0.4) is 0 Å². The van der Waals surface area contributed by atoms with Gasteiger partial charge in [-0.3, -0.25) is 9.20 Å².